The molecule has 0 aliphatic heterocycles. The summed E-state index contributed by atoms with van der Waals surface area (Å²) in [5.74, 6) is -0.947. The number of phosphoric ester groups is 1. The summed E-state index contributed by atoms with van der Waals surface area (Å²) in [5.41, 5.74) is 11.1. The molecule has 0 aromatic rings. The zero-order valence-corrected chi connectivity index (χ0v) is 21.1. The van der Waals surface area contributed by atoms with E-state index in [1.54, 1.807) is 0 Å². The van der Waals surface area contributed by atoms with Crippen molar-refractivity contribution >= 4 is 19.8 Å². The number of guanidine groups is 1. The van der Waals surface area contributed by atoms with E-state index in [-0.39, 0.29) is 19.2 Å². The number of nitrogens with one attached hydrogen (secondary N) is 2. The van der Waals surface area contributed by atoms with Crippen LogP contribution in [0.15, 0.2) is 0 Å². The maximum absolute atomic E-state index is 13.0. The lowest BCUT2D eigenvalue weighted by molar-refractivity contribution is -0.138. The minimum Gasteiger partial charge on any atom is -0.370 e. The van der Waals surface area contributed by atoms with Crippen molar-refractivity contribution in [2.24, 2.45) is 11.5 Å². The van der Waals surface area contributed by atoms with Crippen LogP contribution < -0.4 is 16.8 Å². The van der Waals surface area contributed by atoms with Gasteiger partial charge in [-0.05, 0) is 25.7 Å². The zero-order valence-electron chi connectivity index (χ0n) is 20.2. The molecule has 0 radical (unpaired) electrons. The van der Waals surface area contributed by atoms with E-state index in [0.717, 1.165) is 44.9 Å². The molecule has 0 aliphatic rings. The Bertz CT molecular complexity index is 536. The van der Waals surface area contributed by atoms with Crippen LogP contribution in [-0.4, -0.2) is 37.7 Å². The minimum atomic E-state index is -4.00. The third-order valence-electron chi connectivity index (χ3n) is 5.01. The van der Waals surface area contributed by atoms with Gasteiger partial charge in [0.15, 0.2) is 5.96 Å². The van der Waals surface area contributed by atoms with Gasteiger partial charge in [0.1, 0.15) is 6.04 Å². The van der Waals surface area contributed by atoms with Crippen LogP contribution in [-0.2, 0) is 22.9 Å². The molecule has 32 heavy (non-hydrogen) atoms. The summed E-state index contributed by atoms with van der Waals surface area (Å²) in [4.78, 5) is 12.3. The third-order valence-corrected chi connectivity index (χ3v) is 6.41. The van der Waals surface area contributed by atoms with E-state index in [1.807, 2.05) is 0 Å². The number of rotatable bonds is 22. The lowest BCUT2D eigenvalue weighted by atomic mass is 10.1. The number of unbranched alkanes of at least 4 members (excludes halogenated alkanes) is 10. The molecule has 0 heterocycles. The lowest BCUT2D eigenvalue weighted by Crippen LogP contribution is -2.35. The number of nitrogens with two attached hydrogens (primary N) is 2. The highest BCUT2D eigenvalue weighted by Crippen LogP contribution is 2.50. The summed E-state index contributed by atoms with van der Waals surface area (Å²) in [6.07, 6.45) is 13.6. The van der Waals surface area contributed by atoms with E-state index >= 15 is 0 Å². The van der Waals surface area contributed by atoms with Gasteiger partial charge in [-0.15, -0.1) is 0 Å². The highest BCUT2D eigenvalue weighted by molar-refractivity contribution is 7.49. The van der Waals surface area contributed by atoms with Gasteiger partial charge in [-0.3, -0.25) is 14.5 Å². The summed E-state index contributed by atoms with van der Waals surface area (Å²) in [6.45, 7) is 5.14. The molecule has 0 aromatic carbocycles. The van der Waals surface area contributed by atoms with E-state index in [4.69, 9.17) is 30.4 Å². The zero-order chi connectivity index (χ0) is 24.1. The van der Waals surface area contributed by atoms with Gasteiger partial charge in [-0.25, -0.2) is 9.36 Å². The molecule has 0 aliphatic carbocycles. The van der Waals surface area contributed by atoms with Crippen LogP contribution in [0.1, 0.15) is 104 Å². The second-order valence-corrected chi connectivity index (χ2v) is 9.74. The molecular weight excluding hydrogens is 431 g/mol. The molecule has 190 valence electrons. The Kier molecular flexibility index (Phi) is 19.7. The molecule has 0 saturated heterocycles. The molecule has 2 atom stereocenters. The number of phosphoric acid groups is 1. The Morgan fingerprint density at radius 2 is 1.34 bits per heavy atom. The largest absolute Gasteiger partial charge is 0.532 e. The lowest BCUT2D eigenvalue weighted by Gasteiger charge is -2.19. The van der Waals surface area contributed by atoms with Gasteiger partial charge in [0.25, 0.3) is 0 Å². The van der Waals surface area contributed by atoms with Crippen molar-refractivity contribution < 1.29 is 22.9 Å². The Morgan fingerprint density at radius 3 is 1.84 bits per heavy atom. The molecule has 6 N–H and O–H groups in total. The molecule has 10 heteroatoms. The first-order chi connectivity index (χ1) is 15.3. The first-order valence-corrected chi connectivity index (χ1v) is 13.8. The number of carbonyl (C=O) groups is 1. The molecule has 0 bridgehead atoms. The van der Waals surface area contributed by atoms with Gasteiger partial charge < -0.3 is 21.3 Å². The summed E-state index contributed by atoms with van der Waals surface area (Å²) < 4.78 is 28.9. The monoisotopic (exact) mass is 478 g/mol. The normalized spacial score (nSPS) is 14.0. The summed E-state index contributed by atoms with van der Waals surface area (Å²) >= 11 is 0. The highest BCUT2D eigenvalue weighted by Gasteiger charge is 2.33. The topological polar surface area (TPSA) is 150 Å². The second-order valence-electron chi connectivity index (χ2n) is 8.15. The first kappa shape index (κ1) is 30.9. The van der Waals surface area contributed by atoms with E-state index in [9.17, 15) is 9.36 Å². The van der Waals surface area contributed by atoms with Crippen molar-refractivity contribution in [2.75, 3.05) is 19.8 Å². The standard InChI is InChI=1S/C22H47N4O5P/c1-3-5-7-9-10-11-12-14-19-30-32(28,29-18-13-8-6-4-2)31-21(27)20(23)16-15-17-26-22(24)25/h20H,3-19,23H2,1-2H3,(H4,24,25,26)/t20-,32?/m0/s1. The molecule has 9 nitrogen and oxygen atoms in total. The molecule has 0 spiro atoms. The van der Waals surface area contributed by atoms with Crippen molar-refractivity contribution in [2.45, 2.75) is 110 Å². The molecular formula is C22H47N4O5P. The van der Waals surface area contributed by atoms with Crippen LogP contribution in [0, 0.1) is 5.41 Å². The Balaban J connectivity index is 4.42. The molecule has 0 fully saturated rings. The number of hydrogen-bond donors (Lipinski definition) is 4. The third kappa shape index (κ3) is 18.4. The highest BCUT2D eigenvalue weighted by atomic mass is 31.2. The van der Waals surface area contributed by atoms with Crippen LogP contribution in [0.25, 0.3) is 0 Å². The smallest absolute Gasteiger partial charge is 0.370 e. The van der Waals surface area contributed by atoms with Gasteiger partial charge in [0, 0.05) is 6.54 Å². The summed E-state index contributed by atoms with van der Waals surface area (Å²) in [6, 6.07) is -0.951. The Morgan fingerprint density at radius 1 is 0.875 bits per heavy atom. The average Bonchev–Trinajstić information content (AvgIpc) is 2.75. The number of carbonyl (C=O) groups excluding carboxylic acids is 1. The average molecular weight is 479 g/mol. The quantitative estimate of drug-likeness (QED) is 0.0736. The van der Waals surface area contributed by atoms with Gasteiger partial charge in [0.2, 0.25) is 0 Å². The fraction of sp³-hybridized carbons (Fsp3) is 0.909. The van der Waals surface area contributed by atoms with Crippen molar-refractivity contribution in [3.8, 4) is 0 Å². The van der Waals surface area contributed by atoms with Crippen LogP contribution in [0.4, 0.5) is 0 Å². The van der Waals surface area contributed by atoms with E-state index in [1.165, 1.54) is 32.1 Å². The molecule has 0 rings (SSSR count). The minimum absolute atomic E-state index is 0.142. The van der Waals surface area contributed by atoms with Crippen molar-refractivity contribution in [1.82, 2.24) is 5.32 Å². The van der Waals surface area contributed by atoms with E-state index in [2.05, 4.69) is 19.2 Å². The van der Waals surface area contributed by atoms with Gasteiger partial charge in [0.05, 0.1) is 13.2 Å². The van der Waals surface area contributed by atoms with Crippen LogP contribution >= 0.6 is 7.82 Å². The summed E-state index contributed by atoms with van der Waals surface area (Å²) in [7, 11) is -4.00. The van der Waals surface area contributed by atoms with E-state index in [0.29, 0.717) is 19.4 Å². The van der Waals surface area contributed by atoms with Crippen LogP contribution in [0.5, 0.6) is 0 Å². The molecule has 0 saturated carbocycles. The fourth-order valence-corrected chi connectivity index (χ4v) is 4.29. The Hall–Kier alpha value is -1.15. The second kappa shape index (κ2) is 20.5. The maximum atomic E-state index is 13.0. The SMILES string of the molecule is CCCCCCCCCCOP(=O)(OCCCCCC)OC(=O)[C@@H](N)CCCNC(=N)N. The first-order valence-electron chi connectivity index (χ1n) is 12.3. The molecule has 1 unspecified atom stereocenters. The van der Waals surface area contributed by atoms with Gasteiger partial charge in [-0.2, -0.15) is 0 Å². The van der Waals surface area contributed by atoms with Crippen molar-refractivity contribution in [3.05, 3.63) is 0 Å². The molecule has 0 amide bonds. The van der Waals surface area contributed by atoms with Gasteiger partial charge >= 0.3 is 13.8 Å². The maximum Gasteiger partial charge on any atom is 0.532 e. The van der Waals surface area contributed by atoms with Crippen LogP contribution in [0.2, 0.25) is 0 Å². The predicted molar refractivity (Wildman–Crippen MR) is 129 cm³/mol. The van der Waals surface area contributed by atoms with Crippen LogP contribution in [0.3, 0.4) is 0 Å². The van der Waals surface area contributed by atoms with Gasteiger partial charge in [-0.1, -0.05) is 78.1 Å². The predicted octanol–water partition coefficient (Wildman–Crippen LogP) is 4.98. The fourth-order valence-electron chi connectivity index (χ4n) is 3.05. The van der Waals surface area contributed by atoms with Crippen molar-refractivity contribution in [1.29, 1.82) is 5.41 Å². The summed E-state index contributed by atoms with van der Waals surface area (Å²) in [5, 5.41) is 9.75. The number of hydrogen-bond acceptors (Lipinski definition) is 7. The van der Waals surface area contributed by atoms with Crippen molar-refractivity contribution in [3.63, 3.8) is 0 Å². The Labute approximate surface area is 194 Å². The van der Waals surface area contributed by atoms with E-state index < -0.39 is 19.8 Å². The molecule has 0 aromatic heterocycles.